The molecule has 2 rings (SSSR count). The summed E-state index contributed by atoms with van der Waals surface area (Å²) in [6, 6.07) is 7.14. The molecule has 1 heterocycles. The smallest absolute Gasteiger partial charge is 0.122 e. The van der Waals surface area contributed by atoms with Gasteiger partial charge in [-0.25, -0.2) is 0 Å². The van der Waals surface area contributed by atoms with E-state index in [1.54, 1.807) is 0 Å². The topological polar surface area (TPSA) is 21.3 Å². The van der Waals surface area contributed by atoms with Crippen molar-refractivity contribution in [3.05, 3.63) is 29.3 Å². The predicted octanol–water partition coefficient (Wildman–Crippen LogP) is 4.10. The second-order valence-electron chi connectivity index (χ2n) is 6.15. The number of hydrogen-bond acceptors (Lipinski definition) is 2. The Hall–Kier alpha value is -1.02. The zero-order chi connectivity index (χ0) is 13.9. The molecule has 106 valence electrons. The van der Waals surface area contributed by atoms with Crippen molar-refractivity contribution in [2.24, 2.45) is 5.41 Å². The van der Waals surface area contributed by atoms with E-state index in [1.165, 1.54) is 11.1 Å². The fraction of sp³-hybridized carbons (Fsp3) is 0.647. The lowest BCUT2D eigenvalue weighted by atomic mass is 9.78. The SMILES string of the molecule is CCNC(c1ccc2c(c1)CCCO2)C(C)(C)CC. The Bertz CT molecular complexity index is 425. The molecule has 0 bridgehead atoms. The lowest BCUT2D eigenvalue weighted by Gasteiger charge is -2.35. The molecule has 0 fully saturated rings. The molecule has 0 aliphatic carbocycles. The van der Waals surface area contributed by atoms with Gasteiger partial charge in [-0.15, -0.1) is 0 Å². The predicted molar refractivity (Wildman–Crippen MR) is 80.7 cm³/mol. The van der Waals surface area contributed by atoms with Gasteiger partial charge in [0.15, 0.2) is 0 Å². The van der Waals surface area contributed by atoms with Crippen molar-refractivity contribution in [2.75, 3.05) is 13.2 Å². The van der Waals surface area contributed by atoms with Crippen LogP contribution in [0, 0.1) is 5.41 Å². The molecule has 1 N–H and O–H groups in total. The highest BCUT2D eigenvalue weighted by Crippen LogP contribution is 2.38. The summed E-state index contributed by atoms with van der Waals surface area (Å²) in [5.74, 6) is 1.08. The zero-order valence-electron chi connectivity index (χ0n) is 12.8. The van der Waals surface area contributed by atoms with Gasteiger partial charge < -0.3 is 10.1 Å². The average molecular weight is 261 g/mol. The first-order valence-electron chi connectivity index (χ1n) is 7.57. The number of nitrogens with one attached hydrogen (secondary N) is 1. The minimum absolute atomic E-state index is 0.264. The van der Waals surface area contributed by atoms with Crippen LogP contribution in [0.3, 0.4) is 0 Å². The van der Waals surface area contributed by atoms with E-state index >= 15 is 0 Å². The maximum absolute atomic E-state index is 5.71. The zero-order valence-corrected chi connectivity index (χ0v) is 12.8. The summed E-state index contributed by atoms with van der Waals surface area (Å²) in [5.41, 5.74) is 3.04. The molecule has 19 heavy (non-hydrogen) atoms. The summed E-state index contributed by atoms with van der Waals surface area (Å²) >= 11 is 0. The van der Waals surface area contributed by atoms with E-state index in [2.05, 4.69) is 51.2 Å². The minimum atomic E-state index is 0.264. The van der Waals surface area contributed by atoms with E-state index in [1.807, 2.05) is 0 Å². The van der Waals surface area contributed by atoms with E-state index < -0.39 is 0 Å². The van der Waals surface area contributed by atoms with Gasteiger partial charge >= 0.3 is 0 Å². The lowest BCUT2D eigenvalue weighted by molar-refractivity contribution is 0.236. The van der Waals surface area contributed by atoms with E-state index in [4.69, 9.17) is 4.74 Å². The van der Waals surface area contributed by atoms with E-state index in [-0.39, 0.29) is 5.41 Å². The molecule has 0 saturated carbocycles. The third kappa shape index (κ3) is 3.11. The molecule has 1 unspecified atom stereocenters. The van der Waals surface area contributed by atoms with Gasteiger partial charge in [-0.2, -0.15) is 0 Å². The van der Waals surface area contributed by atoms with Crippen LogP contribution < -0.4 is 10.1 Å². The molecule has 1 aliphatic rings. The number of rotatable bonds is 5. The second-order valence-corrected chi connectivity index (χ2v) is 6.15. The summed E-state index contributed by atoms with van der Waals surface area (Å²) in [6.45, 7) is 11.0. The summed E-state index contributed by atoms with van der Waals surface area (Å²) in [6.07, 6.45) is 3.45. The first-order valence-corrected chi connectivity index (χ1v) is 7.57. The van der Waals surface area contributed by atoms with E-state index in [0.717, 1.165) is 38.2 Å². The van der Waals surface area contributed by atoms with Crippen LogP contribution in [0.5, 0.6) is 5.75 Å². The minimum Gasteiger partial charge on any atom is -0.493 e. The monoisotopic (exact) mass is 261 g/mol. The van der Waals surface area contributed by atoms with Crippen LogP contribution in [0.2, 0.25) is 0 Å². The van der Waals surface area contributed by atoms with Crippen LogP contribution in [0.25, 0.3) is 0 Å². The largest absolute Gasteiger partial charge is 0.493 e. The van der Waals surface area contributed by atoms with Crippen LogP contribution in [-0.2, 0) is 6.42 Å². The molecule has 2 heteroatoms. The third-order valence-electron chi connectivity index (χ3n) is 4.37. The molecule has 1 aromatic rings. The van der Waals surface area contributed by atoms with Crippen LogP contribution in [0.1, 0.15) is 57.7 Å². The maximum atomic E-state index is 5.71. The van der Waals surface area contributed by atoms with Crippen molar-refractivity contribution >= 4 is 0 Å². The molecule has 2 nitrogen and oxygen atoms in total. The highest BCUT2D eigenvalue weighted by molar-refractivity contribution is 5.40. The van der Waals surface area contributed by atoms with Crippen molar-refractivity contribution in [1.82, 2.24) is 5.32 Å². The van der Waals surface area contributed by atoms with Gasteiger partial charge in [0.25, 0.3) is 0 Å². The van der Waals surface area contributed by atoms with Crippen molar-refractivity contribution < 1.29 is 4.74 Å². The Morgan fingerprint density at radius 1 is 1.32 bits per heavy atom. The molecule has 0 amide bonds. The average Bonchev–Trinajstić information content (AvgIpc) is 2.44. The van der Waals surface area contributed by atoms with Gasteiger partial charge in [0.1, 0.15) is 5.75 Å². The van der Waals surface area contributed by atoms with Gasteiger partial charge in [-0.1, -0.05) is 39.8 Å². The van der Waals surface area contributed by atoms with Crippen molar-refractivity contribution in [3.63, 3.8) is 0 Å². The van der Waals surface area contributed by atoms with Crippen LogP contribution in [0.4, 0.5) is 0 Å². The van der Waals surface area contributed by atoms with Gasteiger partial charge in [0.2, 0.25) is 0 Å². The molecule has 1 aliphatic heterocycles. The number of aryl methyl sites for hydroxylation is 1. The van der Waals surface area contributed by atoms with Crippen LogP contribution in [0.15, 0.2) is 18.2 Å². The number of ether oxygens (including phenoxy) is 1. The standard InChI is InChI=1S/C17H27NO/c1-5-17(3,4)16(18-6-2)14-9-10-15-13(12-14)8-7-11-19-15/h9-10,12,16,18H,5-8,11H2,1-4H3. The summed E-state index contributed by atoms with van der Waals surface area (Å²) in [7, 11) is 0. The molecule has 0 saturated heterocycles. The van der Waals surface area contributed by atoms with Gasteiger partial charge in [-0.3, -0.25) is 0 Å². The highest BCUT2D eigenvalue weighted by Gasteiger charge is 2.29. The Morgan fingerprint density at radius 2 is 2.11 bits per heavy atom. The fourth-order valence-electron chi connectivity index (χ4n) is 2.81. The van der Waals surface area contributed by atoms with E-state index in [9.17, 15) is 0 Å². The fourth-order valence-corrected chi connectivity index (χ4v) is 2.81. The summed E-state index contributed by atoms with van der Waals surface area (Å²) < 4.78 is 5.71. The number of fused-ring (bicyclic) bond motifs is 1. The molecule has 0 aromatic heterocycles. The van der Waals surface area contributed by atoms with Crippen LogP contribution >= 0.6 is 0 Å². The molecular weight excluding hydrogens is 234 g/mol. The molecule has 1 atom stereocenters. The van der Waals surface area contributed by atoms with Crippen LogP contribution in [-0.4, -0.2) is 13.2 Å². The molecular formula is C17H27NO. The number of benzene rings is 1. The van der Waals surface area contributed by atoms with Gasteiger partial charge in [-0.05, 0) is 48.4 Å². The van der Waals surface area contributed by atoms with Crippen molar-refractivity contribution in [2.45, 2.75) is 53.0 Å². The normalized spacial score (nSPS) is 16.6. The lowest BCUT2D eigenvalue weighted by Crippen LogP contribution is -2.34. The first-order chi connectivity index (χ1) is 9.08. The Kier molecular flexibility index (Phi) is 4.51. The quantitative estimate of drug-likeness (QED) is 0.861. The second kappa shape index (κ2) is 5.96. The molecule has 1 aromatic carbocycles. The molecule has 0 radical (unpaired) electrons. The Morgan fingerprint density at radius 3 is 2.79 bits per heavy atom. The van der Waals surface area contributed by atoms with Crippen molar-refractivity contribution in [1.29, 1.82) is 0 Å². The van der Waals surface area contributed by atoms with Gasteiger partial charge in [0, 0.05) is 6.04 Å². The van der Waals surface area contributed by atoms with Gasteiger partial charge in [0.05, 0.1) is 6.61 Å². The Labute approximate surface area is 117 Å². The number of hydrogen-bond donors (Lipinski definition) is 1. The van der Waals surface area contributed by atoms with E-state index in [0.29, 0.717) is 6.04 Å². The highest BCUT2D eigenvalue weighted by atomic mass is 16.5. The molecule has 0 spiro atoms. The first kappa shape index (κ1) is 14.4. The maximum Gasteiger partial charge on any atom is 0.122 e. The van der Waals surface area contributed by atoms with Crippen molar-refractivity contribution in [3.8, 4) is 5.75 Å². The summed E-state index contributed by atoms with van der Waals surface area (Å²) in [4.78, 5) is 0. The third-order valence-corrected chi connectivity index (χ3v) is 4.37. The summed E-state index contributed by atoms with van der Waals surface area (Å²) in [5, 5.41) is 3.66. The Balaban J connectivity index is 2.31.